The summed E-state index contributed by atoms with van der Waals surface area (Å²) >= 11 is 0. The van der Waals surface area contributed by atoms with E-state index in [2.05, 4.69) is 23.9 Å². The van der Waals surface area contributed by atoms with E-state index in [1.54, 1.807) is 30.9 Å². The maximum Gasteiger partial charge on any atom is 0.242 e. The highest BCUT2D eigenvalue weighted by molar-refractivity contribution is 7.89. The molecule has 2 aromatic carbocycles. The van der Waals surface area contributed by atoms with Gasteiger partial charge < -0.3 is 10.2 Å². The first kappa shape index (κ1) is 23.9. The van der Waals surface area contributed by atoms with Crippen LogP contribution in [0.15, 0.2) is 47.4 Å². The van der Waals surface area contributed by atoms with Gasteiger partial charge in [-0.2, -0.15) is 4.72 Å². The number of rotatable bonds is 7. The lowest BCUT2D eigenvalue weighted by Gasteiger charge is -2.22. The second-order valence-corrected chi connectivity index (χ2v) is 10.5. The maximum absolute atomic E-state index is 13.1. The van der Waals surface area contributed by atoms with Crippen molar-refractivity contribution in [2.45, 2.75) is 57.9 Å². The standard InChI is InChI=1S/C24H31N3O4S/c1-15(2)18-6-8-20(9-7-18)25-24(29)23(16(3)4)26-32(30,31)21-10-11-22-19(14-21)12-13-27(22)17(5)28/h6-11,14-16,23,26H,12-13H2,1-5H3,(H,25,29)/t23-/m0/s1. The number of carbonyl (C=O) groups excluding carboxylic acids is 2. The monoisotopic (exact) mass is 457 g/mol. The number of carbonyl (C=O) groups is 2. The minimum Gasteiger partial charge on any atom is -0.325 e. The van der Waals surface area contributed by atoms with Crippen LogP contribution < -0.4 is 14.9 Å². The number of nitrogens with one attached hydrogen (secondary N) is 2. The summed E-state index contributed by atoms with van der Waals surface area (Å²) in [6, 6.07) is 11.3. The van der Waals surface area contributed by atoms with Gasteiger partial charge >= 0.3 is 0 Å². The second kappa shape index (κ2) is 9.42. The Hall–Kier alpha value is -2.71. The zero-order chi connectivity index (χ0) is 23.6. The van der Waals surface area contributed by atoms with E-state index in [4.69, 9.17) is 0 Å². The molecule has 7 nitrogen and oxygen atoms in total. The average Bonchev–Trinajstić information content (AvgIpc) is 3.16. The van der Waals surface area contributed by atoms with Crippen LogP contribution in [-0.4, -0.2) is 32.8 Å². The molecule has 8 heteroatoms. The van der Waals surface area contributed by atoms with Gasteiger partial charge in [-0.25, -0.2) is 8.42 Å². The minimum absolute atomic E-state index is 0.0737. The first-order valence-electron chi connectivity index (χ1n) is 10.8. The largest absolute Gasteiger partial charge is 0.325 e. The van der Waals surface area contributed by atoms with Crippen molar-refractivity contribution in [3.8, 4) is 0 Å². The Bertz CT molecular complexity index is 1110. The SMILES string of the molecule is CC(=O)N1CCc2cc(S(=O)(=O)N[C@H](C(=O)Nc3ccc(C(C)C)cc3)C(C)C)ccc21. The molecule has 2 amide bonds. The predicted molar refractivity (Wildman–Crippen MR) is 126 cm³/mol. The Kier molecular flexibility index (Phi) is 7.05. The molecule has 32 heavy (non-hydrogen) atoms. The van der Waals surface area contributed by atoms with E-state index < -0.39 is 22.0 Å². The summed E-state index contributed by atoms with van der Waals surface area (Å²) in [6.07, 6.45) is 0.596. The van der Waals surface area contributed by atoms with Gasteiger partial charge in [0.05, 0.1) is 4.90 Å². The van der Waals surface area contributed by atoms with E-state index in [1.807, 2.05) is 24.3 Å². The molecule has 1 atom stereocenters. The average molecular weight is 458 g/mol. The van der Waals surface area contributed by atoms with Gasteiger partial charge in [-0.05, 0) is 59.7 Å². The van der Waals surface area contributed by atoms with E-state index in [9.17, 15) is 18.0 Å². The lowest BCUT2D eigenvalue weighted by molar-refractivity contribution is -0.118. The molecule has 172 valence electrons. The molecule has 0 saturated heterocycles. The van der Waals surface area contributed by atoms with Gasteiger partial charge in [0.15, 0.2) is 0 Å². The summed E-state index contributed by atoms with van der Waals surface area (Å²) in [4.78, 5) is 26.4. The molecule has 1 aliphatic heterocycles. The number of fused-ring (bicyclic) bond motifs is 1. The fourth-order valence-electron chi connectivity index (χ4n) is 3.77. The van der Waals surface area contributed by atoms with Gasteiger partial charge in [-0.1, -0.05) is 39.8 Å². The summed E-state index contributed by atoms with van der Waals surface area (Å²) in [7, 11) is -3.93. The van der Waals surface area contributed by atoms with Crippen LogP contribution in [0.2, 0.25) is 0 Å². The molecule has 1 heterocycles. The van der Waals surface area contributed by atoms with Gasteiger partial charge in [-0.15, -0.1) is 0 Å². The van der Waals surface area contributed by atoms with Crippen LogP contribution in [0.4, 0.5) is 11.4 Å². The van der Waals surface area contributed by atoms with Gasteiger partial charge in [0.25, 0.3) is 0 Å². The lowest BCUT2D eigenvalue weighted by atomic mass is 10.0. The van der Waals surface area contributed by atoms with Crippen LogP contribution in [0.25, 0.3) is 0 Å². The molecule has 0 aromatic heterocycles. The zero-order valence-electron chi connectivity index (χ0n) is 19.2. The van der Waals surface area contributed by atoms with Crippen molar-refractivity contribution < 1.29 is 18.0 Å². The lowest BCUT2D eigenvalue weighted by Crippen LogP contribution is -2.47. The van der Waals surface area contributed by atoms with Crippen molar-refractivity contribution in [2.24, 2.45) is 5.92 Å². The third-order valence-corrected chi connectivity index (χ3v) is 7.15. The highest BCUT2D eigenvalue weighted by Gasteiger charge is 2.30. The fourth-order valence-corrected chi connectivity index (χ4v) is 5.17. The van der Waals surface area contributed by atoms with Gasteiger partial charge in [-0.3, -0.25) is 9.59 Å². The van der Waals surface area contributed by atoms with Gasteiger partial charge in [0.2, 0.25) is 21.8 Å². The summed E-state index contributed by atoms with van der Waals surface area (Å²) < 4.78 is 28.7. The Morgan fingerprint density at radius 2 is 1.66 bits per heavy atom. The Morgan fingerprint density at radius 1 is 1.00 bits per heavy atom. The molecule has 0 spiro atoms. The summed E-state index contributed by atoms with van der Waals surface area (Å²) in [5.41, 5.74) is 3.31. The van der Waals surface area contributed by atoms with Crippen molar-refractivity contribution in [2.75, 3.05) is 16.8 Å². The van der Waals surface area contributed by atoms with Crippen LogP contribution >= 0.6 is 0 Å². The van der Waals surface area contributed by atoms with Gasteiger partial charge in [0.1, 0.15) is 6.04 Å². The Labute approximate surface area is 190 Å². The third-order valence-electron chi connectivity index (χ3n) is 5.71. The number of amides is 2. The molecule has 3 rings (SSSR count). The van der Waals surface area contributed by atoms with Gasteiger partial charge in [0, 0.05) is 24.8 Å². The number of hydrogen-bond donors (Lipinski definition) is 2. The Morgan fingerprint density at radius 3 is 2.22 bits per heavy atom. The van der Waals surface area contributed by atoms with E-state index in [0.717, 1.165) is 16.8 Å². The molecule has 0 aliphatic carbocycles. The van der Waals surface area contributed by atoms with E-state index in [-0.39, 0.29) is 16.7 Å². The fraction of sp³-hybridized carbons (Fsp3) is 0.417. The van der Waals surface area contributed by atoms with Crippen molar-refractivity contribution in [1.82, 2.24) is 4.72 Å². The summed E-state index contributed by atoms with van der Waals surface area (Å²) in [6.45, 7) is 9.80. The van der Waals surface area contributed by atoms with Crippen molar-refractivity contribution in [1.29, 1.82) is 0 Å². The topological polar surface area (TPSA) is 95.6 Å². The van der Waals surface area contributed by atoms with E-state index >= 15 is 0 Å². The number of benzene rings is 2. The van der Waals surface area contributed by atoms with Crippen molar-refractivity contribution in [3.05, 3.63) is 53.6 Å². The molecule has 2 aromatic rings. The summed E-state index contributed by atoms with van der Waals surface area (Å²) in [5, 5.41) is 2.81. The predicted octanol–water partition coefficient (Wildman–Crippen LogP) is 3.66. The van der Waals surface area contributed by atoms with Crippen LogP contribution in [0.1, 0.15) is 51.7 Å². The first-order chi connectivity index (χ1) is 15.0. The molecule has 0 saturated carbocycles. The molecular weight excluding hydrogens is 426 g/mol. The van der Waals surface area contributed by atoms with Crippen LogP contribution in [0, 0.1) is 5.92 Å². The van der Waals surface area contributed by atoms with Crippen molar-refractivity contribution in [3.63, 3.8) is 0 Å². The summed E-state index contributed by atoms with van der Waals surface area (Å²) in [5.74, 6) is -0.368. The highest BCUT2D eigenvalue weighted by atomic mass is 32.2. The van der Waals surface area contributed by atoms with Crippen LogP contribution in [0.3, 0.4) is 0 Å². The molecule has 0 unspecified atom stereocenters. The second-order valence-electron chi connectivity index (χ2n) is 8.82. The molecule has 0 bridgehead atoms. The Balaban J connectivity index is 1.77. The normalized spacial score (nSPS) is 14.5. The van der Waals surface area contributed by atoms with E-state index in [1.165, 1.54) is 13.0 Å². The molecular formula is C24H31N3O4S. The smallest absolute Gasteiger partial charge is 0.242 e. The number of nitrogens with zero attached hydrogens (tertiary/aromatic N) is 1. The number of anilines is 2. The van der Waals surface area contributed by atoms with E-state index in [0.29, 0.717) is 24.6 Å². The number of sulfonamides is 1. The number of hydrogen-bond acceptors (Lipinski definition) is 4. The molecule has 0 fully saturated rings. The first-order valence-corrected chi connectivity index (χ1v) is 12.3. The maximum atomic E-state index is 13.1. The molecule has 0 radical (unpaired) electrons. The molecule has 2 N–H and O–H groups in total. The van der Waals surface area contributed by atoms with Crippen LogP contribution in [-0.2, 0) is 26.0 Å². The van der Waals surface area contributed by atoms with Crippen molar-refractivity contribution >= 4 is 33.2 Å². The van der Waals surface area contributed by atoms with Crippen LogP contribution in [0.5, 0.6) is 0 Å². The quantitative estimate of drug-likeness (QED) is 0.663. The highest BCUT2D eigenvalue weighted by Crippen LogP contribution is 2.30. The molecule has 1 aliphatic rings. The third kappa shape index (κ3) is 5.19. The minimum atomic E-state index is -3.93. The zero-order valence-corrected chi connectivity index (χ0v) is 20.0.